The normalized spacial score (nSPS) is 30.1. The molecule has 29 heavy (non-hydrogen) atoms. The Bertz CT molecular complexity index is 742. The molecule has 4 fully saturated rings. The highest BCUT2D eigenvalue weighted by Crippen LogP contribution is 2.38. The Morgan fingerprint density at radius 2 is 1.97 bits per heavy atom. The molecule has 4 aliphatic heterocycles. The number of aliphatic carboxylic acids is 1. The summed E-state index contributed by atoms with van der Waals surface area (Å²) in [7, 11) is 4.04. The van der Waals surface area contributed by atoms with Crippen LogP contribution in [0.1, 0.15) is 31.4 Å². The van der Waals surface area contributed by atoms with Crippen LogP contribution in [0.5, 0.6) is 0 Å². The number of likely N-dealkylation sites (tertiary alicyclic amines) is 1. The lowest BCUT2D eigenvalue weighted by Gasteiger charge is -2.50. The lowest BCUT2D eigenvalue weighted by Crippen LogP contribution is -2.59. The Balaban J connectivity index is 1.32. The van der Waals surface area contributed by atoms with Gasteiger partial charge in [-0.15, -0.1) is 5.10 Å². The van der Waals surface area contributed by atoms with Gasteiger partial charge in [-0.1, -0.05) is 5.21 Å². The van der Waals surface area contributed by atoms with Crippen molar-refractivity contribution >= 4 is 11.9 Å². The second-order valence-corrected chi connectivity index (χ2v) is 9.15. The molecule has 4 aliphatic rings. The van der Waals surface area contributed by atoms with E-state index < -0.39 is 5.97 Å². The van der Waals surface area contributed by atoms with Crippen molar-refractivity contribution in [3.63, 3.8) is 0 Å². The molecule has 0 saturated carbocycles. The summed E-state index contributed by atoms with van der Waals surface area (Å²) in [5.41, 5.74) is 0.976. The molecule has 0 spiro atoms. The number of hydrogen-bond donors (Lipinski definition) is 1. The highest BCUT2D eigenvalue weighted by atomic mass is 16.4. The summed E-state index contributed by atoms with van der Waals surface area (Å²) in [5.74, 6) is -0.323. The highest BCUT2D eigenvalue weighted by Gasteiger charge is 2.45. The molecule has 1 unspecified atom stereocenters. The van der Waals surface area contributed by atoms with Gasteiger partial charge in [0.05, 0.1) is 24.1 Å². The van der Waals surface area contributed by atoms with E-state index in [-0.39, 0.29) is 17.7 Å². The van der Waals surface area contributed by atoms with E-state index in [1.807, 2.05) is 29.9 Å². The SMILES string of the molecule is CN(C)Cc1cn(C[C@H]2C[C@@H]3CCN2C[C@@H]3C(=O)N2CCC(C(=O)O)CC2)nn1. The number of rotatable bonds is 6. The van der Waals surface area contributed by atoms with Gasteiger partial charge in [-0.25, -0.2) is 0 Å². The molecule has 1 aromatic heterocycles. The van der Waals surface area contributed by atoms with Gasteiger partial charge in [-0.3, -0.25) is 19.2 Å². The summed E-state index contributed by atoms with van der Waals surface area (Å²) in [6.07, 6.45) is 5.27. The van der Waals surface area contributed by atoms with E-state index in [4.69, 9.17) is 5.11 Å². The predicted octanol–water partition coefficient (Wildman–Crippen LogP) is 0.373. The maximum absolute atomic E-state index is 13.1. The summed E-state index contributed by atoms with van der Waals surface area (Å²) < 4.78 is 1.94. The quantitative estimate of drug-likeness (QED) is 0.732. The van der Waals surface area contributed by atoms with Crippen molar-refractivity contribution in [1.82, 2.24) is 29.7 Å². The summed E-state index contributed by atoms with van der Waals surface area (Å²) >= 11 is 0. The van der Waals surface area contributed by atoms with Crippen molar-refractivity contribution in [2.75, 3.05) is 40.3 Å². The van der Waals surface area contributed by atoms with Crippen LogP contribution in [0.15, 0.2) is 6.20 Å². The summed E-state index contributed by atoms with van der Waals surface area (Å²) in [6.45, 7) is 4.62. The Hall–Kier alpha value is -2.00. The first kappa shape index (κ1) is 20.3. The van der Waals surface area contributed by atoms with E-state index in [0.717, 1.165) is 44.7 Å². The van der Waals surface area contributed by atoms with Gasteiger partial charge in [0.15, 0.2) is 0 Å². The number of carbonyl (C=O) groups excluding carboxylic acids is 1. The Labute approximate surface area is 171 Å². The maximum atomic E-state index is 13.1. The number of fused-ring (bicyclic) bond motifs is 3. The average molecular weight is 405 g/mol. The molecular weight excluding hydrogens is 372 g/mol. The van der Waals surface area contributed by atoms with E-state index in [9.17, 15) is 9.59 Å². The fourth-order valence-corrected chi connectivity index (χ4v) is 5.23. The van der Waals surface area contributed by atoms with Crippen molar-refractivity contribution in [3.8, 4) is 0 Å². The number of carbonyl (C=O) groups is 2. The van der Waals surface area contributed by atoms with Crippen molar-refractivity contribution in [3.05, 3.63) is 11.9 Å². The van der Waals surface area contributed by atoms with E-state index in [2.05, 4.69) is 20.1 Å². The minimum absolute atomic E-state index is 0.0569. The first-order chi connectivity index (χ1) is 13.9. The lowest BCUT2D eigenvalue weighted by molar-refractivity contribution is -0.150. The molecular formula is C20H32N6O3. The number of amides is 1. The number of carboxylic acids is 1. The smallest absolute Gasteiger partial charge is 0.306 e. The van der Waals surface area contributed by atoms with Crippen molar-refractivity contribution in [2.24, 2.45) is 17.8 Å². The van der Waals surface area contributed by atoms with Gasteiger partial charge in [0, 0.05) is 38.4 Å². The van der Waals surface area contributed by atoms with Crippen LogP contribution in [-0.4, -0.2) is 93.0 Å². The molecule has 0 aromatic carbocycles. The molecule has 0 radical (unpaired) electrons. The molecule has 5 rings (SSSR count). The molecule has 4 saturated heterocycles. The molecule has 0 aliphatic carbocycles. The first-order valence-electron chi connectivity index (χ1n) is 10.7. The van der Waals surface area contributed by atoms with Gasteiger partial charge in [-0.2, -0.15) is 0 Å². The summed E-state index contributed by atoms with van der Waals surface area (Å²) in [5, 5.41) is 17.7. The molecule has 160 valence electrons. The van der Waals surface area contributed by atoms with Gasteiger partial charge >= 0.3 is 5.97 Å². The minimum Gasteiger partial charge on any atom is -0.481 e. The van der Waals surface area contributed by atoms with E-state index in [0.29, 0.717) is 37.9 Å². The lowest BCUT2D eigenvalue weighted by atomic mass is 9.74. The predicted molar refractivity (Wildman–Crippen MR) is 106 cm³/mol. The fraction of sp³-hybridized carbons (Fsp3) is 0.800. The molecule has 1 amide bonds. The zero-order chi connectivity index (χ0) is 20.5. The maximum Gasteiger partial charge on any atom is 0.306 e. The zero-order valence-corrected chi connectivity index (χ0v) is 17.4. The summed E-state index contributed by atoms with van der Waals surface area (Å²) in [6, 6.07) is 0.407. The van der Waals surface area contributed by atoms with Crippen molar-refractivity contribution < 1.29 is 14.7 Å². The van der Waals surface area contributed by atoms with E-state index >= 15 is 0 Å². The molecule has 1 aromatic rings. The monoisotopic (exact) mass is 404 g/mol. The van der Waals surface area contributed by atoms with E-state index in [1.165, 1.54) is 0 Å². The van der Waals surface area contributed by atoms with Crippen LogP contribution in [0.3, 0.4) is 0 Å². The number of aromatic nitrogens is 3. The van der Waals surface area contributed by atoms with Crippen LogP contribution >= 0.6 is 0 Å². The minimum atomic E-state index is -0.732. The Morgan fingerprint density at radius 1 is 1.21 bits per heavy atom. The number of nitrogens with zero attached hydrogens (tertiary/aromatic N) is 6. The van der Waals surface area contributed by atoms with Crippen LogP contribution in [-0.2, 0) is 22.7 Å². The molecule has 5 heterocycles. The summed E-state index contributed by atoms with van der Waals surface area (Å²) in [4.78, 5) is 30.7. The molecule has 9 nitrogen and oxygen atoms in total. The molecule has 2 bridgehead atoms. The molecule has 4 atom stereocenters. The molecule has 1 N–H and O–H groups in total. The van der Waals surface area contributed by atoms with Gasteiger partial charge < -0.3 is 14.9 Å². The molecule has 9 heteroatoms. The number of carboxylic acid groups (broad SMARTS) is 1. The third-order valence-corrected chi connectivity index (χ3v) is 6.81. The van der Waals surface area contributed by atoms with Gasteiger partial charge in [-0.05, 0) is 52.2 Å². The highest BCUT2D eigenvalue weighted by molar-refractivity contribution is 5.80. The van der Waals surface area contributed by atoms with Crippen LogP contribution in [0, 0.1) is 17.8 Å². The topological polar surface area (TPSA) is 94.8 Å². The second-order valence-electron chi connectivity index (χ2n) is 9.15. The van der Waals surface area contributed by atoms with Gasteiger partial charge in [0.2, 0.25) is 5.91 Å². The van der Waals surface area contributed by atoms with Crippen LogP contribution < -0.4 is 0 Å². The average Bonchev–Trinajstić information content (AvgIpc) is 3.14. The van der Waals surface area contributed by atoms with Crippen molar-refractivity contribution in [2.45, 2.75) is 44.8 Å². The number of piperidine rings is 4. The fourth-order valence-electron chi connectivity index (χ4n) is 5.23. The first-order valence-corrected chi connectivity index (χ1v) is 10.7. The van der Waals surface area contributed by atoms with Crippen LogP contribution in [0.2, 0.25) is 0 Å². The third-order valence-electron chi connectivity index (χ3n) is 6.81. The van der Waals surface area contributed by atoms with Crippen LogP contribution in [0.25, 0.3) is 0 Å². The largest absolute Gasteiger partial charge is 0.481 e. The Morgan fingerprint density at radius 3 is 2.59 bits per heavy atom. The van der Waals surface area contributed by atoms with Gasteiger partial charge in [0.25, 0.3) is 0 Å². The van der Waals surface area contributed by atoms with Crippen LogP contribution in [0.4, 0.5) is 0 Å². The van der Waals surface area contributed by atoms with Gasteiger partial charge in [0.1, 0.15) is 0 Å². The van der Waals surface area contributed by atoms with E-state index in [1.54, 1.807) is 0 Å². The third kappa shape index (κ3) is 4.45. The van der Waals surface area contributed by atoms with Crippen molar-refractivity contribution in [1.29, 1.82) is 0 Å². The number of hydrogen-bond acceptors (Lipinski definition) is 6. The standard InChI is InChI=1S/C20H32N6O3/c1-23(2)10-16-11-26(22-21-16)12-17-9-15-5-8-25(17)13-18(15)19(27)24-6-3-14(4-7-24)20(28)29/h11,14-15,17-18H,3-10,12-13H2,1-2H3,(H,28,29)/t15-,17+,18-/m0/s1. The Kier molecular flexibility index (Phi) is 5.87. The zero-order valence-electron chi connectivity index (χ0n) is 17.4. The second kappa shape index (κ2) is 8.39.